The molecule has 3 heterocycles. The zero-order valence-corrected chi connectivity index (χ0v) is 15.8. The van der Waals surface area contributed by atoms with Crippen molar-refractivity contribution in [3.8, 4) is 11.6 Å². The highest BCUT2D eigenvalue weighted by molar-refractivity contribution is 7.17. The maximum absolute atomic E-state index is 10.8. The van der Waals surface area contributed by atoms with E-state index in [1.807, 2.05) is 24.3 Å². The van der Waals surface area contributed by atoms with Gasteiger partial charge in [0.25, 0.3) is 0 Å². The first-order chi connectivity index (χ1) is 12.6. The molecule has 1 N–H and O–H groups in total. The molecule has 0 saturated carbocycles. The Bertz CT molecular complexity index is 882. The number of nitrogens with zero attached hydrogens (tertiary/aromatic N) is 4. The van der Waals surface area contributed by atoms with Gasteiger partial charge in [-0.05, 0) is 31.5 Å². The molecule has 26 heavy (non-hydrogen) atoms. The molecule has 1 aromatic carbocycles. The van der Waals surface area contributed by atoms with Crippen molar-refractivity contribution in [2.75, 3.05) is 20.2 Å². The largest absolute Gasteiger partial charge is 0.497 e. The number of morpholine rings is 1. The third-order valence-electron chi connectivity index (χ3n) is 4.63. The minimum atomic E-state index is -0.0943. The molecular formula is C18H22N4O3S. The summed E-state index contributed by atoms with van der Waals surface area (Å²) in [7, 11) is 1.66. The van der Waals surface area contributed by atoms with E-state index in [2.05, 4.69) is 28.8 Å². The zero-order valence-electron chi connectivity index (χ0n) is 15.0. The van der Waals surface area contributed by atoms with Crippen LogP contribution in [0.5, 0.6) is 11.6 Å². The van der Waals surface area contributed by atoms with Gasteiger partial charge in [-0.3, -0.25) is 4.90 Å². The predicted molar refractivity (Wildman–Crippen MR) is 98.9 cm³/mol. The Morgan fingerprint density at radius 1 is 1.23 bits per heavy atom. The van der Waals surface area contributed by atoms with Gasteiger partial charge in [-0.1, -0.05) is 23.5 Å². The second-order valence-electron chi connectivity index (χ2n) is 6.63. The SMILES string of the molecule is COc1ccc(C(c2sc3ncnn3c2O)N2CC(C)OC(C)C2)cc1. The molecule has 1 fully saturated rings. The number of benzene rings is 1. The van der Waals surface area contributed by atoms with Crippen LogP contribution < -0.4 is 4.74 Å². The normalized spacial score (nSPS) is 22.6. The van der Waals surface area contributed by atoms with Gasteiger partial charge in [-0.15, -0.1) is 0 Å². The van der Waals surface area contributed by atoms with Gasteiger partial charge in [0.15, 0.2) is 0 Å². The van der Waals surface area contributed by atoms with Crippen LogP contribution in [0.2, 0.25) is 0 Å². The fourth-order valence-electron chi connectivity index (χ4n) is 3.61. The lowest BCUT2D eigenvalue weighted by Crippen LogP contribution is -2.47. The molecule has 0 amide bonds. The average molecular weight is 374 g/mol. The number of fused-ring (bicyclic) bond motifs is 1. The lowest BCUT2D eigenvalue weighted by Gasteiger charge is -2.40. The molecule has 138 valence electrons. The van der Waals surface area contributed by atoms with E-state index in [1.54, 1.807) is 7.11 Å². The molecule has 1 saturated heterocycles. The number of aromatic hydroxyl groups is 1. The van der Waals surface area contributed by atoms with Crippen LogP contribution in [0.25, 0.3) is 4.96 Å². The molecule has 1 aliphatic rings. The lowest BCUT2D eigenvalue weighted by molar-refractivity contribution is -0.0764. The van der Waals surface area contributed by atoms with E-state index < -0.39 is 0 Å². The summed E-state index contributed by atoms with van der Waals surface area (Å²) < 4.78 is 12.7. The van der Waals surface area contributed by atoms with Gasteiger partial charge in [0.05, 0.1) is 30.2 Å². The van der Waals surface area contributed by atoms with Gasteiger partial charge in [0.1, 0.15) is 12.1 Å². The monoisotopic (exact) mass is 374 g/mol. The standard InChI is InChI=1S/C18H22N4O3S/c1-11-8-21(9-12(2)25-11)15(13-4-6-14(24-3)7-5-13)16-17(23)22-18(26-16)19-10-20-22/h4-7,10-12,15,23H,8-9H2,1-3H3. The van der Waals surface area contributed by atoms with Gasteiger partial charge >= 0.3 is 0 Å². The Morgan fingerprint density at radius 3 is 2.54 bits per heavy atom. The number of hydrogen-bond donors (Lipinski definition) is 1. The number of hydrogen-bond acceptors (Lipinski definition) is 7. The topological polar surface area (TPSA) is 72.1 Å². The summed E-state index contributed by atoms with van der Waals surface area (Å²) in [4.78, 5) is 8.10. The molecule has 3 aromatic rings. The molecule has 4 rings (SSSR count). The summed E-state index contributed by atoms with van der Waals surface area (Å²) in [6.07, 6.45) is 1.71. The third-order valence-corrected chi connectivity index (χ3v) is 5.72. The number of methoxy groups -OCH3 is 1. The fraction of sp³-hybridized carbons (Fsp3) is 0.444. The minimum absolute atomic E-state index is 0.0943. The van der Waals surface area contributed by atoms with E-state index in [4.69, 9.17) is 9.47 Å². The van der Waals surface area contributed by atoms with Crippen LogP contribution in [0.3, 0.4) is 0 Å². The molecule has 0 aliphatic carbocycles. The van der Waals surface area contributed by atoms with Crippen LogP contribution in [-0.4, -0.2) is 57.0 Å². The van der Waals surface area contributed by atoms with Gasteiger partial charge < -0.3 is 14.6 Å². The second-order valence-corrected chi connectivity index (χ2v) is 7.64. The summed E-state index contributed by atoms with van der Waals surface area (Å²) in [6, 6.07) is 7.89. The van der Waals surface area contributed by atoms with E-state index in [0.29, 0.717) is 4.96 Å². The molecule has 2 aromatic heterocycles. The van der Waals surface area contributed by atoms with E-state index in [1.165, 1.54) is 22.2 Å². The Labute approximate surface area is 155 Å². The molecule has 7 nitrogen and oxygen atoms in total. The van der Waals surface area contributed by atoms with Crippen molar-refractivity contribution in [3.05, 3.63) is 41.0 Å². The Balaban J connectivity index is 1.80. The molecule has 0 spiro atoms. The average Bonchev–Trinajstić information content (AvgIpc) is 3.19. The van der Waals surface area contributed by atoms with Crippen LogP contribution >= 0.6 is 11.3 Å². The van der Waals surface area contributed by atoms with Crippen LogP contribution in [-0.2, 0) is 4.74 Å². The van der Waals surface area contributed by atoms with Crippen molar-refractivity contribution in [1.29, 1.82) is 0 Å². The van der Waals surface area contributed by atoms with E-state index in [9.17, 15) is 5.11 Å². The first-order valence-electron chi connectivity index (χ1n) is 8.61. The minimum Gasteiger partial charge on any atom is -0.497 e. The predicted octanol–water partition coefficient (Wildman–Crippen LogP) is 2.70. The Kier molecular flexibility index (Phi) is 4.56. The quantitative estimate of drug-likeness (QED) is 0.757. The molecule has 0 radical (unpaired) electrons. The molecule has 1 aliphatic heterocycles. The smallest absolute Gasteiger partial charge is 0.230 e. The number of ether oxygens (including phenoxy) is 2. The lowest BCUT2D eigenvalue weighted by atomic mass is 10.0. The van der Waals surface area contributed by atoms with Gasteiger partial charge in [-0.25, -0.2) is 4.98 Å². The summed E-state index contributed by atoms with van der Waals surface area (Å²) in [5.74, 6) is 0.957. The highest BCUT2D eigenvalue weighted by Crippen LogP contribution is 2.40. The summed E-state index contributed by atoms with van der Waals surface area (Å²) in [5.41, 5.74) is 1.09. The van der Waals surface area contributed by atoms with Crippen molar-refractivity contribution in [3.63, 3.8) is 0 Å². The maximum Gasteiger partial charge on any atom is 0.230 e. The summed E-state index contributed by atoms with van der Waals surface area (Å²) in [6.45, 7) is 5.73. The van der Waals surface area contributed by atoms with Gasteiger partial charge in [0.2, 0.25) is 10.8 Å². The maximum atomic E-state index is 10.8. The van der Waals surface area contributed by atoms with E-state index in [0.717, 1.165) is 29.3 Å². The molecule has 8 heteroatoms. The summed E-state index contributed by atoms with van der Waals surface area (Å²) in [5, 5.41) is 14.9. The van der Waals surface area contributed by atoms with Crippen molar-refractivity contribution in [1.82, 2.24) is 19.5 Å². The van der Waals surface area contributed by atoms with Gasteiger partial charge in [0, 0.05) is 13.1 Å². The van der Waals surface area contributed by atoms with Crippen LogP contribution in [0, 0.1) is 0 Å². The highest BCUT2D eigenvalue weighted by atomic mass is 32.1. The molecular weight excluding hydrogens is 352 g/mol. The third kappa shape index (κ3) is 3.04. The van der Waals surface area contributed by atoms with E-state index >= 15 is 0 Å². The molecule has 3 unspecified atom stereocenters. The first kappa shape index (κ1) is 17.3. The van der Waals surface area contributed by atoms with Gasteiger partial charge in [-0.2, -0.15) is 9.61 Å². The zero-order chi connectivity index (χ0) is 18.3. The van der Waals surface area contributed by atoms with Crippen LogP contribution in [0.15, 0.2) is 30.6 Å². The Hall–Kier alpha value is -2.16. The van der Waals surface area contributed by atoms with Crippen molar-refractivity contribution in [2.24, 2.45) is 0 Å². The molecule has 3 atom stereocenters. The summed E-state index contributed by atoms with van der Waals surface area (Å²) >= 11 is 1.47. The molecule has 0 bridgehead atoms. The van der Waals surface area contributed by atoms with Crippen LogP contribution in [0.4, 0.5) is 0 Å². The second kappa shape index (κ2) is 6.86. The number of thiazole rings is 1. The number of rotatable bonds is 4. The van der Waals surface area contributed by atoms with Crippen LogP contribution in [0.1, 0.15) is 30.3 Å². The van der Waals surface area contributed by atoms with E-state index in [-0.39, 0.29) is 24.1 Å². The fourth-order valence-corrected chi connectivity index (χ4v) is 4.71. The van der Waals surface area contributed by atoms with Crippen molar-refractivity contribution in [2.45, 2.75) is 32.1 Å². The van der Waals surface area contributed by atoms with Crippen molar-refractivity contribution < 1.29 is 14.6 Å². The van der Waals surface area contributed by atoms with Crippen molar-refractivity contribution >= 4 is 16.3 Å². The highest BCUT2D eigenvalue weighted by Gasteiger charge is 2.33. The Morgan fingerprint density at radius 2 is 1.92 bits per heavy atom. The first-order valence-corrected chi connectivity index (χ1v) is 9.43. The number of aromatic nitrogens is 3.